The topological polar surface area (TPSA) is 128 Å². The van der Waals surface area contributed by atoms with Gasteiger partial charge in [-0.25, -0.2) is 13.2 Å². The number of nitrogens with zero attached hydrogens (tertiary/aromatic N) is 2. The molecule has 1 amide bonds. The molecule has 262 valence electrons. The molecule has 48 heavy (non-hydrogen) atoms. The number of alkyl halides is 6. The van der Waals surface area contributed by atoms with Gasteiger partial charge in [-0.05, 0) is 73.6 Å². The Morgan fingerprint density at radius 3 is 2.04 bits per heavy atom. The summed E-state index contributed by atoms with van der Waals surface area (Å²) in [6, 6.07) is 14.5. The molecule has 0 spiro atoms. The van der Waals surface area contributed by atoms with Gasteiger partial charge in [-0.2, -0.15) is 26.3 Å². The van der Waals surface area contributed by atoms with Crippen LogP contribution in [0.1, 0.15) is 35.7 Å². The lowest BCUT2D eigenvalue weighted by atomic mass is 10.2. The first-order valence-corrected chi connectivity index (χ1v) is 16.0. The van der Waals surface area contributed by atoms with Crippen molar-refractivity contribution in [3.8, 4) is 5.75 Å². The summed E-state index contributed by atoms with van der Waals surface area (Å²) in [7, 11) is -2.50. The van der Waals surface area contributed by atoms with Crippen molar-refractivity contribution in [2.24, 2.45) is 0 Å². The third-order valence-electron chi connectivity index (χ3n) is 7.09. The summed E-state index contributed by atoms with van der Waals surface area (Å²) in [5.74, 6) is -2.78. The Bertz CT molecular complexity index is 1660. The van der Waals surface area contributed by atoms with E-state index in [9.17, 15) is 39.6 Å². The largest absolute Gasteiger partial charge is 0.495 e. The number of hydrogen-bond acceptors (Lipinski definition) is 7. The van der Waals surface area contributed by atoms with Gasteiger partial charge < -0.3 is 20.1 Å². The summed E-state index contributed by atoms with van der Waals surface area (Å²) in [6.07, 6.45) is -7.28. The van der Waals surface area contributed by atoms with Crippen LogP contribution in [-0.2, 0) is 21.0 Å². The third kappa shape index (κ3) is 10.8. The van der Waals surface area contributed by atoms with Gasteiger partial charge in [-0.15, -0.1) is 0 Å². The second kappa shape index (κ2) is 16.1. The Morgan fingerprint density at radius 1 is 0.896 bits per heavy atom. The summed E-state index contributed by atoms with van der Waals surface area (Å²) in [6.45, 7) is 6.60. The lowest BCUT2D eigenvalue weighted by Gasteiger charge is -2.36. The van der Waals surface area contributed by atoms with E-state index in [-0.39, 0.29) is 16.1 Å². The number of hydrogen-bond donors (Lipinski definition) is 3. The molecule has 1 heterocycles. The molecule has 1 aliphatic rings. The van der Waals surface area contributed by atoms with E-state index in [1.165, 1.54) is 24.3 Å². The molecule has 17 heteroatoms. The van der Waals surface area contributed by atoms with E-state index in [0.717, 1.165) is 75.5 Å². The van der Waals surface area contributed by atoms with Gasteiger partial charge in [-0.3, -0.25) is 14.4 Å². The quantitative estimate of drug-likeness (QED) is 0.209. The molecule has 0 atom stereocenters. The zero-order valence-electron chi connectivity index (χ0n) is 25.9. The maximum absolute atomic E-state index is 13.3. The van der Waals surface area contributed by atoms with Crippen molar-refractivity contribution in [2.75, 3.05) is 54.8 Å². The molecule has 0 bridgehead atoms. The van der Waals surface area contributed by atoms with E-state index >= 15 is 0 Å². The van der Waals surface area contributed by atoms with Crippen LogP contribution in [0.25, 0.3) is 0 Å². The zero-order valence-corrected chi connectivity index (χ0v) is 26.7. The van der Waals surface area contributed by atoms with Gasteiger partial charge in [0.15, 0.2) is 0 Å². The van der Waals surface area contributed by atoms with Crippen molar-refractivity contribution < 1.29 is 54.2 Å². The van der Waals surface area contributed by atoms with Crippen LogP contribution in [0.15, 0.2) is 71.6 Å². The number of amides is 1. The monoisotopic (exact) mass is 704 g/mol. The number of nitrogens with one attached hydrogen (secondary N) is 2. The number of aliphatic carboxylic acids is 1. The number of anilines is 3. The minimum atomic E-state index is -5.08. The molecule has 0 unspecified atom stereocenters. The number of carboxylic acid groups (broad SMARTS) is 1. The van der Waals surface area contributed by atoms with Crippen molar-refractivity contribution in [1.29, 1.82) is 0 Å². The second-order valence-corrected chi connectivity index (χ2v) is 12.2. The van der Waals surface area contributed by atoms with E-state index in [1.54, 1.807) is 25.3 Å². The average molecular weight is 705 g/mol. The number of sulfonamides is 1. The van der Waals surface area contributed by atoms with Crippen LogP contribution < -0.4 is 19.7 Å². The second-order valence-electron chi connectivity index (χ2n) is 10.5. The molecule has 1 aliphatic heterocycles. The molecule has 3 aromatic rings. The Hall–Kier alpha value is -4.51. The number of unbranched alkanes of at least 4 members (excludes halogenated alkanes) is 1. The number of carbonyl (C=O) groups excluding carboxylic acids is 1. The normalized spacial score (nSPS) is 14.0. The first kappa shape index (κ1) is 37.9. The van der Waals surface area contributed by atoms with Gasteiger partial charge >= 0.3 is 18.3 Å². The maximum Gasteiger partial charge on any atom is 0.490 e. The highest BCUT2D eigenvalue weighted by molar-refractivity contribution is 7.92. The van der Waals surface area contributed by atoms with Crippen LogP contribution in [-0.4, -0.2) is 76.3 Å². The van der Waals surface area contributed by atoms with Crippen molar-refractivity contribution in [2.45, 2.75) is 37.0 Å². The number of ether oxygens (including phenoxy) is 1. The predicted molar refractivity (Wildman–Crippen MR) is 167 cm³/mol. The molecule has 0 aliphatic carbocycles. The molecule has 1 fully saturated rings. The van der Waals surface area contributed by atoms with Gasteiger partial charge in [-0.1, -0.05) is 19.4 Å². The standard InChI is InChI=1S/C29H33F3N4O4S.C2HF3O2/c1-3-4-14-35-15-17-36(18-16-35)26-20-24(12-13-27(26)40-2)34-41(38,39)25-7-5-6-21(19-25)28(37)33-23-10-8-22(9-11-23)29(30,31)32;3-2(4,5)1(6)7/h5-13,19-20,34H,3-4,14-18H2,1-2H3,(H,33,37);(H,6,7). The summed E-state index contributed by atoms with van der Waals surface area (Å²) in [5, 5.41) is 9.62. The summed E-state index contributed by atoms with van der Waals surface area (Å²) in [5.41, 5.74) is 0.461. The molecule has 3 N–H and O–H groups in total. The lowest BCUT2D eigenvalue weighted by Crippen LogP contribution is -2.46. The van der Waals surface area contributed by atoms with E-state index in [4.69, 9.17) is 14.6 Å². The molecule has 0 saturated carbocycles. The maximum atomic E-state index is 13.3. The van der Waals surface area contributed by atoms with Crippen LogP contribution >= 0.6 is 0 Å². The SMILES string of the molecule is CCCCN1CCN(c2cc(NS(=O)(=O)c3cccc(C(=O)Nc4ccc(C(F)(F)F)cc4)c3)ccc2OC)CC1.O=C(O)C(F)(F)F. The molecular weight excluding hydrogens is 670 g/mol. The van der Waals surface area contributed by atoms with Crippen molar-refractivity contribution in [3.05, 3.63) is 77.9 Å². The van der Waals surface area contributed by atoms with E-state index in [1.807, 2.05) is 0 Å². The highest BCUT2D eigenvalue weighted by Crippen LogP contribution is 2.33. The van der Waals surface area contributed by atoms with E-state index in [2.05, 4.69) is 26.8 Å². The Balaban J connectivity index is 0.000000804. The Morgan fingerprint density at radius 2 is 1.50 bits per heavy atom. The van der Waals surface area contributed by atoms with E-state index < -0.39 is 39.8 Å². The minimum Gasteiger partial charge on any atom is -0.495 e. The fraction of sp³-hybridized carbons (Fsp3) is 0.355. The van der Waals surface area contributed by atoms with Gasteiger partial charge in [0, 0.05) is 37.4 Å². The molecule has 10 nitrogen and oxygen atoms in total. The number of benzene rings is 3. The smallest absolute Gasteiger partial charge is 0.490 e. The van der Waals surface area contributed by atoms with Crippen molar-refractivity contribution in [3.63, 3.8) is 0 Å². The average Bonchev–Trinajstić information content (AvgIpc) is 3.03. The molecule has 0 aromatic heterocycles. The van der Waals surface area contributed by atoms with Gasteiger partial charge in [0.1, 0.15) is 5.75 Å². The molecule has 1 saturated heterocycles. The Labute approximate surface area is 273 Å². The first-order chi connectivity index (χ1) is 22.4. The number of halogens is 6. The van der Waals surface area contributed by atoms with Crippen LogP contribution in [0.5, 0.6) is 5.75 Å². The van der Waals surface area contributed by atoms with Gasteiger partial charge in [0.25, 0.3) is 15.9 Å². The zero-order chi connectivity index (χ0) is 35.7. The predicted octanol–water partition coefficient (Wildman–Crippen LogP) is 6.32. The van der Waals surface area contributed by atoms with Crippen LogP contribution in [0.2, 0.25) is 0 Å². The van der Waals surface area contributed by atoms with Crippen molar-refractivity contribution in [1.82, 2.24) is 4.90 Å². The summed E-state index contributed by atoms with van der Waals surface area (Å²) >= 11 is 0. The molecular formula is C31H34F6N4O6S. The fourth-order valence-electron chi connectivity index (χ4n) is 4.56. The number of methoxy groups -OCH3 is 1. The highest BCUT2D eigenvalue weighted by atomic mass is 32.2. The Kier molecular flexibility index (Phi) is 12.7. The van der Waals surface area contributed by atoms with Crippen LogP contribution in [0.3, 0.4) is 0 Å². The lowest BCUT2D eigenvalue weighted by molar-refractivity contribution is -0.192. The van der Waals surface area contributed by atoms with Crippen LogP contribution in [0, 0.1) is 0 Å². The third-order valence-corrected chi connectivity index (χ3v) is 8.47. The first-order valence-electron chi connectivity index (χ1n) is 14.5. The molecule has 4 rings (SSSR count). The molecule has 3 aromatic carbocycles. The number of piperazine rings is 1. The number of carboxylic acids is 1. The highest BCUT2D eigenvalue weighted by Gasteiger charge is 2.38. The number of carbonyl (C=O) groups is 2. The molecule has 0 radical (unpaired) electrons. The van der Waals surface area contributed by atoms with E-state index in [0.29, 0.717) is 11.4 Å². The van der Waals surface area contributed by atoms with Crippen LogP contribution in [0.4, 0.5) is 43.4 Å². The van der Waals surface area contributed by atoms with Crippen molar-refractivity contribution >= 4 is 39.0 Å². The van der Waals surface area contributed by atoms with Gasteiger partial charge in [0.05, 0.1) is 28.9 Å². The minimum absolute atomic E-state index is 0.0316. The fourth-order valence-corrected chi connectivity index (χ4v) is 5.65. The number of rotatable bonds is 10. The summed E-state index contributed by atoms with van der Waals surface area (Å²) in [4.78, 5) is 26.1. The summed E-state index contributed by atoms with van der Waals surface area (Å²) < 4.78 is 105. The van der Waals surface area contributed by atoms with Gasteiger partial charge in [0.2, 0.25) is 0 Å².